The van der Waals surface area contributed by atoms with E-state index < -0.39 is 0 Å². The Balaban J connectivity index is 1.14. The lowest BCUT2D eigenvalue weighted by molar-refractivity contribution is 0.670. The number of furan rings is 1. The maximum absolute atomic E-state index is 6.87. The molecule has 0 aliphatic heterocycles. The standard InChI is InChI=1S/C51H31N3O/c1-3-11-32(12-4-1)38-20-21-40-29-42(24-22-39(40)27-38)50-52-49(34-14-5-2-6-15-34)53-51(54-50)44-26-25-43(41-23-19-33-13-7-8-16-35(33)28-41)48-47(44)45-30-36-17-9-10-18-37(36)31-46(45)55-48/h1-31H. The SMILES string of the molecule is c1ccc(-c2ccc3cc(-c4nc(-c5ccccc5)nc(-c5ccc(-c6ccc7ccccc7c6)c6oc7cc8ccccc8cc7c56)n4)ccc3c2)cc1. The van der Waals surface area contributed by atoms with Gasteiger partial charge in [0.1, 0.15) is 11.2 Å². The van der Waals surface area contributed by atoms with Gasteiger partial charge in [0.05, 0.1) is 0 Å². The summed E-state index contributed by atoms with van der Waals surface area (Å²) in [4.78, 5) is 15.5. The van der Waals surface area contributed by atoms with Gasteiger partial charge in [0.2, 0.25) is 0 Å². The first-order chi connectivity index (χ1) is 27.2. The highest BCUT2D eigenvalue weighted by Gasteiger charge is 2.21. The smallest absolute Gasteiger partial charge is 0.164 e. The van der Waals surface area contributed by atoms with E-state index in [1.54, 1.807) is 0 Å². The van der Waals surface area contributed by atoms with Gasteiger partial charge in [-0.2, -0.15) is 0 Å². The van der Waals surface area contributed by atoms with Gasteiger partial charge in [0.15, 0.2) is 17.5 Å². The minimum Gasteiger partial charge on any atom is -0.455 e. The zero-order chi connectivity index (χ0) is 36.3. The summed E-state index contributed by atoms with van der Waals surface area (Å²) >= 11 is 0. The van der Waals surface area contributed by atoms with Crippen LogP contribution in [0.3, 0.4) is 0 Å². The summed E-state index contributed by atoms with van der Waals surface area (Å²) in [7, 11) is 0. The van der Waals surface area contributed by atoms with Crippen molar-refractivity contribution in [3.63, 3.8) is 0 Å². The molecule has 55 heavy (non-hydrogen) atoms. The van der Waals surface area contributed by atoms with Crippen molar-refractivity contribution < 1.29 is 4.42 Å². The highest BCUT2D eigenvalue weighted by atomic mass is 16.3. The second kappa shape index (κ2) is 12.6. The molecule has 2 aromatic heterocycles. The average molecular weight is 702 g/mol. The van der Waals surface area contributed by atoms with Crippen molar-refractivity contribution in [3.05, 3.63) is 188 Å². The lowest BCUT2D eigenvalue weighted by Crippen LogP contribution is -2.00. The van der Waals surface area contributed by atoms with Gasteiger partial charge in [-0.1, -0.05) is 146 Å². The molecule has 0 atom stereocenters. The van der Waals surface area contributed by atoms with E-state index in [9.17, 15) is 0 Å². The summed E-state index contributed by atoms with van der Waals surface area (Å²) in [6, 6.07) is 65.8. The number of hydrogen-bond donors (Lipinski definition) is 0. The van der Waals surface area contributed by atoms with Gasteiger partial charge in [-0.25, -0.2) is 15.0 Å². The Morgan fingerprint density at radius 3 is 1.55 bits per heavy atom. The number of hydrogen-bond acceptors (Lipinski definition) is 4. The zero-order valence-electron chi connectivity index (χ0n) is 29.6. The molecule has 0 unspecified atom stereocenters. The normalized spacial score (nSPS) is 11.6. The van der Waals surface area contributed by atoms with Crippen LogP contribution in [0.25, 0.3) is 111 Å². The van der Waals surface area contributed by atoms with Crippen LogP contribution >= 0.6 is 0 Å². The second-order valence-corrected chi connectivity index (χ2v) is 14.0. The Morgan fingerprint density at radius 2 is 0.800 bits per heavy atom. The van der Waals surface area contributed by atoms with Gasteiger partial charge >= 0.3 is 0 Å². The van der Waals surface area contributed by atoms with E-state index in [4.69, 9.17) is 19.4 Å². The molecule has 0 N–H and O–H groups in total. The molecule has 0 saturated heterocycles. The summed E-state index contributed by atoms with van der Waals surface area (Å²) in [6.45, 7) is 0. The lowest BCUT2D eigenvalue weighted by atomic mass is 9.95. The largest absolute Gasteiger partial charge is 0.455 e. The minimum atomic E-state index is 0.592. The Morgan fingerprint density at radius 1 is 0.309 bits per heavy atom. The summed E-state index contributed by atoms with van der Waals surface area (Å²) in [6.07, 6.45) is 0. The molecule has 11 rings (SSSR count). The predicted octanol–water partition coefficient (Wildman–Crippen LogP) is 13.6. The molecule has 0 aliphatic rings. The molecular formula is C51H31N3O. The Hall–Kier alpha value is -7.43. The Kier molecular flexibility index (Phi) is 7.14. The third-order valence-electron chi connectivity index (χ3n) is 10.7. The van der Waals surface area contributed by atoms with E-state index in [1.165, 1.54) is 21.9 Å². The molecule has 0 radical (unpaired) electrons. The summed E-state index contributed by atoms with van der Waals surface area (Å²) in [5.41, 5.74) is 8.86. The fourth-order valence-corrected chi connectivity index (χ4v) is 7.87. The molecule has 0 fully saturated rings. The molecule has 4 heteroatoms. The lowest BCUT2D eigenvalue weighted by Gasteiger charge is -2.12. The van der Waals surface area contributed by atoms with Crippen LogP contribution in [0.1, 0.15) is 0 Å². The molecule has 0 bridgehead atoms. The maximum atomic E-state index is 6.87. The molecule has 2 heterocycles. The highest BCUT2D eigenvalue weighted by Crippen LogP contribution is 2.43. The average Bonchev–Trinajstić information content (AvgIpc) is 3.63. The number of nitrogens with zero attached hydrogens (tertiary/aromatic N) is 3. The van der Waals surface area contributed by atoms with Gasteiger partial charge in [0, 0.05) is 33.0 Å². The first kappa shape index (κ1) is 31.1. The first-order valence-corrected chi connectivity index (χ1v) is 18.5. The van der Waals surface area contributed by atoms with Crippen LogP contribution in [-0.4, -0.2) is 15.0 Å². The maximum Gasteiger partial charge on any atom is 0.164 e. The van der Waals surface area contributed by atoms with E-state index in [0.717, 1.165) is 71.3 Å². The molecule has 0 saturated carbocycles. The fraction of sp³-hybridized carbons (Fsp3) is 0. The van der Waals surface area contributed by atoms with E-state index in [2.05, 4.69) is 152 Å². The quantitative estimate of drug-likeness (QED) is 0.179. The number of aromatic nitrogens is 3. The van der Waals surface area contributed by atoms with Crippen LogP contribution in [0.5, 0.6) is 0 Å². The van der Waals surface area contributed by atoms with Crippen molar-refractivity contribution >= 4 is 54.3 Å². The summed E-state index contributed by atoms with van der Waals surface area (Å²) in [5, 5.41) is 8.94. The molecular weight excluding hydrogens is 671 g/mol. The second-order valence-electron chi connectivity index (χ2n) is 14.0. The van der Waals surface area contributed by atoms with Crippen LogP contribution < -0.4 is 0 Å². The van der Waals surface area contributed by atoms with Crippen molar-refractivity contribution in [2.45, 2.75) is 0 Å². The van der Waals surface area contributed by atoms with Crippen molar-refractivity contribution in [1.29, 1.82) is 0 Å². The van der Waals surface area contributed by atoms with Crippen molar-refractivity contribution in [1.82, 2.24) is 15.0 Å². The van der Waals surface area contributed by atoms with Crippen molar-refractivity contribution in [2.24, 2.45) is 0 Å². The van der Waals surface area contributed by atoms with Crippen molar-refractivity contribution in [2.75, 3.05) is 0 Å². The highest BCUT2D eigenvalue weighted by molar-refractivity contribution is 6.18. The van der Waals surface area contributed by atoms with Gasteiger partial charge in [0.25, 0.3) is 0 Å². The summed E-state index contributed by atoms with van der Waals surface area (Å²) < 4.78 is 6.87. The number of rotatable bonds is 5. The Bertz CT molecular complexity index is 3260. The van der Waals surface area contributed by atoms with E-state index in [1.807, 2.05) is 36.4 Å². The molecule has 256 valence electrons. The number of fused-ring (bicyclic) bond motifs is 6. The monoisotopic (exact) mass is 701 g/mol. The minimum absolute atomic E-state index is 0.592. The first-order valence-electron chi connectivity index (χ1n) is 18.5. The van der Waals surface area contributed by atoms with Gasteiger partial charge < -0.3 is 4.42 Å². The fourth-order valence-electron chi connectivity index (χ4n) is 7.87. The zero-order valence-corrected chi connectivity index (χ0v) is 29.6. The van der Waals surface area contributed by atoms with Crippen molar-refractivity contribution in [3.8, 4) is 56.4 Å². The molecule has 9 aromatic carbocycles. The van der Waals surface area contributed by atoms with Gasteiger partial charge in [-0.3, -0.25) is 0 Å². The topological polar surface area (TPSA) is 51.8 Å². The van der Waals surface area contributed by atoms with Crippen LogP contribution in [0.2, 0.25) is 0 Å². The van der Waals surface area contributed by atoms with E-state index in [0.29, 0.717) is 17.5 Å². The van der Waals surface area contributed by atoms with Crippen LogP contribution in [-0.2, 0) is 0 Å². The van der Waals surface area contributed by atoms with Gasteiger partial charge in [-0.15, -0.1) is 0 Å². The molecule has 0 aliphatic carbocycles. The van der Waals surface area contributed by atoms with E-state index >= 15 is 0 Å². The third kappa shape index (κ3) is 5.43. The predicted molar refractivity (Wildman–Crippen MR) is 227 cm³/mol. The third-order valence-corrected chi connectivity index (χ3v) is 10.7. The molecule has 0 amide bonds. The van der Waals surface area contributed by atoms with Crippen LogP contribution in [0, 0.1) is 0 Å². The molecule has 4 nitrogen and oxygen atoms in total. The number of benzene rings is 9. The summed E-state index contributed by atoms with van der Waals surface area (Å²) in [5.74, 6) is 1.82. The van der Waals surface area contributed by atoms with E-state index in [-0.39, 0.29) is 0 Å². The van der Waals surface area contributed by atoms with Gasteiger partial charge in [-0.05, 0) is 91.5 Å². The molecule has 0 spiro atoms. The molecule has 11 aromatic rings. The Labute approximate surface area is 317 Å². The van der Waals surface area contributed by atoms with Crippen LogP contribution in [0.4, 0.5) is 0 Å². The van der Waals surface area contributed by atoms with Crippen LogP contribution in [0.15, 0.2) is 192 Å².